The Balaban J connectivity index is 2.26. The number of carbonyl (C=O) groups excluding carboxylic acids is 2. The topological polar surface area (TPSA) is 86.8 Å². The Kier molecular flexibility index (Phi) is 8.61. The van der Waals surface area contributed by atoms with E-state index in [-0.39, 0.29) is 17.3 Å². The number of halogens is 1. The summed E-state index contributed by atoms with van der Waals surface area (Å²) in [7, 11) is -2.51. The van der Waals surface area contributed by atoms with Crippen molar-refractivity contribution in [3.63, 3.8) is 0 Å². The number of carbonyl (C=O) groups is 2. The number of hydrogen-bond acceptors (Lipinski definition) is 4. The number of hydrogen-bond donors (Lipinski definition) is 1. The van der Waals surface area contributed by atoms with Crippen LogP contribution in [-0.4, -0.2) is 55.6 Å². The molecule has 2 rings (SSSR count). The van der Waals surface area contributed by atoms with E-state index >= 15 is 0 Å². The smallest absolute Gasteiger partial charge is 0.243 e. The van der Waals surface area contributed by atoms with Crippen molar-refractivity contribution in [1.82, 2.24) is 14.5 Å². The molecule has 0 saturated carbocycles. The first-order valence-corrected chi connectivity index (χ1v) is 11.7. The fourth-order valence-electron chi connectivity index (χ4n) is 2.99. The Morgan fingerprint density at radius 2 is 1.77 bits per heavy atom. The number of aryl methyl sites for hydroxylation is 1. The maximum absolute atomic E-state index is 13.1. The number of rotatable bonds is 9. The Morgan fingerprint density at radius 3 is 2.35 bits per heavy atom. The lowest BCUT2D eigenvalue weighted by Gasteiger charge is -2.30. The fourth-order valence-corrected chi connectivity index (χ4v) is 4.33. The number of sulfonamides is 1. The lowest BCUT2D eigenvalue weighted by atomic mass is 10.1. The van der Waals surface area contributed by atoms with E-state index in [1.54, 1.807) is 50.2 Å². The van der Waals surface area contributed by atoms with E-state index in [9.17, 15) is 18.0 Å². The maximum Gasteiger partial charge on any atom is 0.243 e. The predicted octanol–water partition coefficient (Wildman–Crippen LogP) is 2.82. The van der Waals surface area contributed by atoms with Crippen molar-refractivity contribution in [3.05, 3.63) is 64.7 Å². The number of nitrogens with one attached hydrogen (secondary N) is 1. The van der Waals surface area contributed by atoms with Gasteiger partial charge in [-0.2, -0.15) is 4.31 Å². The molecule has 0 heterocycles. The van der Waals surface area contributed by atoms with Gasteiger partial charge in [-0.05, 0) is 50.6 Å². The number of likely N-dealkylation sites (N-methyl/N-ethyl adjacent to an activating group) is 2. The lowest BCUT2D eigenvalue weighted by molar-refractivity contribution is -0.140. The van der Waals surface area contributed by atoms with Crippen molar-refractivity contribution in [2.45, 2.75) is 38.3 Å². The van der Waals surface area contributed by atoms with Gasteiger partial charge in [0.15, 0.2) is 0 Å². The Bertz CT molecular complexity index is 1030. The van der Waals surface area contributed by atoms with Crippen molar-refractivity contribution >= 4 is 33.4 Å². The average molecular weight is 466 g/mol. The molecule has 2 amide bonds. The summed E-state index contributed by atoms with van der Waals surface area (Å²) in [5.74, 6) is -0.807. The minimum absolute atomic E-state index is 0.103. The normalized spacial score (nSPS) is 12.5. The molecular weight excluding hydrogens is 438 g/mol. The summed E-state index contributed by atoms with van der Waals surface area (Å²) in [5, 5.41) is 3.21. The molecule has 2 aromatic rings. The van der Waals surface area contributed by atoms with Gasteiger partial charge in [-0.25, -0.2) is 8.42 Å². The number of nitrogens with zero attached hydrogens (tertiary/aromatic N) is 2. The summed E-state index contributed by atoms with van der Waals surface area (Å²) in [6, 6.07) is 12.6. The first kappa shape index (κ1) is 24.8. The summed E-state index contributed by atoms with van der Waals surface area (Å²) in [4.78, 5) is 27.0. The van der Waals surface area contributed by atoms with Crippen LogP contribution in [0, 0.1) is 6.92 Å². The summed E-state index contributed by atoms with van der Waals surface area (Å²) < 4.78 is 26.7. The van der Waals surface area contributed by atoms with Crippen molar-refractivity contribution in [1.29, 1.82) is 0 Å². The molecule has 1 N–H and O–H groups in total. The molecule has 31 heavy (non-hydrogen) atoms. The number of benzene rings is 2. The SMILES string of the molecule is CCNC(=O)[C@@H](C)N(Cc1cccc(Cl)c1)C(=O)CN(C)S(=O)(=O)c1ccc(C)cc1. The summed E-state index contributed by atoms with van der Waals surface area (Å²) in [5.41, 5.74) is 1.67. The highest BCUT2D eigenvalue weighted by Crippen LogP contribution is 2.18. The van der Waals surface area contributed by atoms with Gasteiger partial charge < -0.3 is 10.2 Å². The second-order valence-electron chi connectivity index (χ2n) is 7.30. The lowest BCUT2D eigenvalue weighted by Crippen LogP contribution is -2.50. The van der Waals surface area contributed by atoms with Crippen LogP contribution in [0.15, 0.2) is 53.4 Å². The zero-order chi connectivity index (χ0) is 23.2. The van der Waals surface area contributed by atoms with Crippen LogP contribution in [0.1, 0.15) is 25.0 Å². The van der Waals surface area contributed by atoms with Crippen LogP contribution in [0.25, 0.3) is 0 Å². The van der Waals surface area contributed by atoms with E-state index in [1.165, 1.54) is 24.1 Å². The van der Waals surface area contributed by atoms with Crippen LogP contribution < -0.4 is 5.32 Å². The van der Waals surface area contributed by atoms with E-state index in [2.05, 4.69) is 5.32 Å². The molecule has 9 heteroatoms. The van der Waals surface area contributed by atoms with Gasteiger partial charge in [0.1, 0.15) is 6.04 Å². The van der Waals surface area contributed by atoms with Gasteiger partial charge in [0.25, 0.3) is 0 Å². The minimum atomic E-state index is -3.86. The van der Waals surface area contributed by atoms with Crippen molar-refractivity contribution in [2.75, 3.05) is 20.1 Å². The van der Waals surface area contributed by atoms with Gasteiger partial charge >= 0.3 is 0 Å². The Hall–Kier alpha value is -2.42. The van der Waals surface area contributed by atoms with E-state index in [4.69, 9.17) is 11.6 Å². The molecule has 1 atom stereocenters. The zero-order valence-corrected chi connectivity index (χ0v) is 19.7. The van der Waals surface area contributed by atoms with Gasteiger partial charge in [-0.15, -0.1) is 0 Å². The van der Waals surface area contributed by atoms with Crippen LogP contribution in [0.4, 0.5) is 0 Å². The van der Waals surface area contributed by atoms with Gasteiger partial charge in [-0.1, -0.05) is 41.4 Å². The molecule has 0 spiro atoms. The summed E-state index contributed by atoms with van der Waals surface area (Å²) in [6.07, 6.45) is 0. The van der Waals surface area contributed by atoms with Crippen LogP contribution in [0.5, 0.6) is 0 Å². The molecule has 0 aliphatic carbocycles. The molecule has 0 fully saturated rings. The molecule has 0 aliphatic rings. The molecule has 0 saturated heterocycles. The van der Waals surface area contributed by atoms with Gasteiger partial charge in [0, 0.05) is 25.2 Å². The first-order chi connectivity index (χ1) is 14.6. The van der Waals surface area contributed by atoms with E-state index < -0.39 is 28.5 Å². The van der Waals surface area contributed by atoms with Gasteiger partial charge in [0.2, 0.25) is 21.8 Å². The van der Waals surface area contributed by atoms with Crippen LogP contribution in [-0.2, 0) is 26.2 Å². The zero-order valence-electron chi connectivity index (χ0n) is 18.1. The van der Waals surface area contributed by atoms with Gasteiger partial charge in [-0.3, -0.25) is 9.59 Å². The van der Waals surface area contributed by atoms with Crippen molar-refractivity contribution in [2.24, 2.45) is 0 Å². The first-order valence-electron chi connectivity index (χ1n) is 9.91. The molecule has 0 aliphatic heterocycles. The van der Waals surface area contributed by atoms with Crippen LogP contribution in [0.2, 0.25) is 5.02 Å². The standard InChI is InChI=1S/C22H28ClN3O4S/c1-5-24-22(28)17(3)26(14-18-7-6-8-19(23)13-18)21(27)15-25(4)31(29,30)20-11-9-16(2)10-12-20/h6-13,17H,5,14-15H2,1-4H3,(H,24,28)/t17-/m1/s1. The van der Waals surface area contributed by atoms with Gasteiger partial charge in [0.05, 0.1) is 11.4 Å². The third-order valence-electron chi connectivity index (χ3n) is 4.85. The molecule has 2 aromatic carbocycles. The summed E-state index contributed by atoms with van der Waals surface area (Å²) in [6.45, 7) is 5.40. The molecule has 0 unspecified atom stereocenters. The average Bonchev–Trinajstić information content (AvgIpc) is 2.72. The Labute approximate surface area is 189 Å². The third kappa shape index (κ3) is 6.53. The molecule has 0 aromatic heterocycles. The molecule has 0 radical (unpaired) electrons. The second kappa shape index (κ2) is 10.7. The second-order valence-corrected chi connectivity index (χ2v) is 9.78. The Morgan fingerprint density at radius 1 is 1.13 bits per heavy atom. The highest BCUT2D eigenvalue weighted by Gasteiger charge is 2.30. The fraction of sp³-hybridized carbons (Fsp3) is 0.364. The predicted molar refractivity (Wildman–Crippen MR) is 121 cm³/mol. The quantitative estimate of drug-likeness (QED) is 0.617. The molecule has 0 bridgehead atoms. The number of amides is 2. The largest absolute Gasteiger partial charge is 0.355 e. The van der Waals surface area contributed by atoms with Crippen LogP contribution >= 0.6 is 11.6 Å². The monoisotopic (exact) mass is 465 g/mol. The van der Waals surface area contributed by atoms with Crippen LogP contribution in [0.3, 0.4) is 0 Å². The van der Waals surface area contributed by atoms with E-state index in [0.29, 0.717) is 11.6 Å². The third-order valence-corrected chi connectivity index (χ3v) is 6.90. The van der Waals surface area contributed by atoms with E-state index in [1.807, 2.05) is 6.92 Å². The van der Waals surface area contributed by atoms with Crippen molar-refractivity contribution < 1.29 is 18.0 Å². The minimum Gasteiger partial charge on any atom is -0.355 e. The molecule has 168 valence electrons. The van der Waals surface area contributed by atoms with E-state index in [0.717, 1.165) is 15.4 Å². The highest BCUT2D eigenvalue weighted by atomic mass is 35.5. The maximum atomic E-state index is 13.1. The molecule has 7 nitrogen and oxygen atoms in total. The summed E-state index contributed by atoms with van der Waals surface area (Å²) >= 11 is 6.05. The molecular formula is C22H28ClN3O4S. The highest BCUT2D eigenvalue weighted by molar-refractivity contribution is 7.89. The van der Waals surface area contributed by atoms with Crippen molar-refractivity contribution in [3.8, 4) is 0 Å².